The highest BCUT2D eigenvalue weighted by atomic mass is 16.7. The Morgan fingerprint density at radius 2 is 1.97 bits per heavy atom. The molecule has 0 amide bonds. The van der Waals surface area contributed by atoms with Gasteiger partial charge in [0, 0.05) is 23.7 Å². The first-order valence-corrected chi connectivity index (χ1v) is 12.8. The summed E-state index contributed by atoms with van der Waals surface area (Å²) in [6, 6.07) is 0. The average molecular weight is 489 g/mol. The second-order valence-electron chi connectivity index (χ2n) is 11.5. The molecule has 4 aliphatic carbocycles. The minimum atomic E-state index is -1.33. The number of aliphatic hydroxyl groups excluding tert-OH is 2. The maximum Gasteiger partial charge on any atom is 0.303 e. The third-order valence-corrected chi connectivity index (χ3v) is 9.65. The molecule has 0 spiro atoms. The number of ketones is 2. The lowest BCUT2D eigenvalue weighted by atomic mass is 9.45. The first kappa shape index (κ1) is 24.8. The van der Waals surface area contributed by atoms with Crippen molar-refractivity contribution in [2.45, 2.75) is 90.0 Å². The molecule has 5 aliphatic rings. The third kappa shape index (κ3) is 3.36. The molecule has 192 valence electrons. The lowest BCUT2D eigenvalue weighted by Gasteiger charge is -2.60. The lowest BCUT2D eigenvalue weighted by molar-refractivity contribution is -0.204. The number of aliphatic hydroxyl groups is 2. The second kappa shape index (κ2) is 8.33. The van der Waals surface area contributed by atoms with Crippen LogP contribution < -0.4 is 0 Å². The van der Waals surface area contributed by atoms with Gasteiger partial charge in [-0.05, 0) is 55.2 Å². The highest BCUT2D eigenvalue weighted by molar-refractivity contribution is 6.01. The number of allylic oxidation sites excluding steroid dienone is 3. The summed E-state index contributed by atoms with van der Waals surface area (Å²) in [7, 11) is 0. The molecular weight excluding hydrogens is 452 g/mol. The van der Waals surface area contributed by atoms with E-state index >= 15 is 0 Å². The molecular formula is C27H36O8. The van der Waals surface area contributed by atoms with Gasteiger partial charge in [-0.25, -0.2) is 0 Å². The Kier molecular flexibility index (Phi) is 5.91. The van der Waals surface area contributed by atoms with Crippen molar-refractivity contribution < 1.29 is 38.8 Å². The zero-order chi connectivity index (χ0) is 25.3. The Morgan fingerprint density at radius 1 is 1.23 bits per heavy atom. The Morgan fingerprint density at radius 3 is 2.66 bits per heavy atom. The SMILES string of the molecule is CCC[C@@H]1O[C@@H]2C[C@H]3[C@@H]4C[C@@H](O)C5=CC(=O)C=C[C@]5(C)[C@H]4[C@@H](O)C[C@]3(C)[C@]2(C(=O)COC(C)=O)O1. The van der Waals surface area contributed by atoms with Crippen molar-refractivity contribution in [3.8, 4) is 0 Å². The maximum atomic E-state index is 13.8. The predicted molar refractivity (Wildman–Crippen MR) is 124 cm³/mol. The van der Waals surface area contributed by atoms with Gasteiger partial charge in [0.1, 0.15) is 0 Å². The molecule has 35 heavy (non-hydrogen) atoms. The van der Waals surface area contributed by atoms with Crippen LogP contribution in [0.4, 0.5) is 0 Å². The number of hydrogen-bond acceptors (Lipinski definition) is 8. The van der Waals surface area contributed by atoms with Gasteiger partial charge in [0.15, 0.2) is 24.3 Å². The van der Waals surface area contributed by atoms with Crippen LogP contribution >= 0.6 is 0 Å². The van der Waals surface area contributed by atoms with Crippen LogP contribution in [0, 0.1) is 28.6 Å². The minimum Gasteiger partial charge on any atom is -0.458 e. The van der Waals surface area contributed by atoms with E-state index in [9.17, 15) is 24.6 Å². The molecule has 8 nitrogen and oxygen atoms in total. The summed E-state index contributed by atoms with van der Waals surface area (Å²) in [5.41, 5.74) is -2.11. The highest BCUT2D eigenvalue weighted by Gasteiger charge is 2.76. The summed E-state index contributed by atoms with van der Waals surface area (Å²) in [5.74, 6) is -1.42. The van der Waals surface area contributed by atoms with Gasteiger partial charge >= 0.3 is 5.97 Å². The molecule has 1 saturated heterocycles. The molecule has 2 N–H and O–H groups in total. The Bertz CT molecular complexity index is 1000. The second-order valence-corrected chi connectivity index (χ2v) is 11.5. The van der Waals surface area contributed by atoms with E-state index in [1.807, 2.05) is 26.8 Å². The number of carbonyl (C=O) groups is 3. The predicted octanol–water partition coefficient (Wildman–Crippen LogP) is 2.26. The molecule has 0 aromatic carbocycles. The van der Waals surface area contributed by atoms with Crippen LogP contribution in [0.25, 0.3) is 0 Å². The van der Waals surface area contributed by atoms with Crippen LogP contribution in [0.2, 0.25) is 0 Å². The highest BCUT2D eigenvalue weighted by Crippen LogP contribution is 2.69. The number of hydrogen-bond donors (Lipinski definition) is 2. The van der Waals surface area contributed by atoms with Gasteiger partial charge in [-0.1, -0.05) is 33.3 Å². The van der Waals surface area contributed by atoms with E-state index in [0.717, 1.165) is 6.42 Å². The normalized spacial score (nSPS) is 47.9. The fourth-order valence-corrected chi connectivity index (χ4v) is 8.34. The fourth-order valence-electron chi connectivity index (χ4n) is 8.34. The van der Waals surface area contributed by atoms with Crippen molar-refractivity contribution >= 4 is 17.5 Å². The van der Waals surface area contributed by atoms with Crippen molar-refractivity contribution in [1.29, 1.82) is 0 Å². The van der Waals surface area contributed by atoms with Crippen LogP contribution in [0.3, 0.4) is 0 Å². The molecule has 0 aromatic rings. The molecule has 1 heterocycles. The van der Waals surface area contributed by atoms with Crippen LogP contribution in [0.5, 0.6) is 0 Å². The molecule has 0 bridgehead atoms. The summed E-state index contributed by atoms with van der Waals surface area (Å²) < 4.78 is 17.9. The first-order chi connectivity index (χ1) is 16.5. The third-order valence-electron chi connectivity index (χ3n) is 9.65. The first-order valence-electron chi connectivity index (χ1n) is 12.8. The summed E-state index contributed by atoms with van der Waals surface area (Å²) >= 11 is 0. The number of rotatable bonds is 5. The number of carbonyl (C=O) groups excluding carboxylic acids is 3. The van der Waals surface area contributed by atoms with E-state index in [-0.39, 0.29) is 29.3 Å². The van der Waals surface area contributed by atoms with E-state index in [1.54, 1.807) is 0 Å². The van der Waals surface area contributed by atoms with Gasteiger partial charge < -0.3 is 24.4 Å². The van der Waals surface area contributed by atoms with Crippen molar-refractivity contribution in [1.82, 2.24) is 0 Å². The molecule has 4 fully saturated rings. The molecule has 8 heteroatoms. The summed E-state index contributed by atoms with van der Waals surface area (Å²) in [4.78, 5) is 37.3. The minimum absolute atomic E-state index is 0.0659. The fraction of sp³-hybridized carbons (Fsp3) is 0.741. The van der Waals surface area contributed by atoms with E-state index in [4.69, 9.17) is 14.2 Å². The Balaban J connectivity index is 1.55. The number of esters is 1. The van der Waals surface area contributed by atoms with Gasteiger partial charge in [-0.15, -0.1) is 0 Å². The summed E-state index contributed by atoms with van der Waals surface area (Å²) in [6.45, 7) is 6.85. The van der Waals surface area contributed by atoms with Crippen LogP contribution in [-0.2, 0) is 28.6 Å². The topological polar surface area (TPSA) is 119 Å². The number of Topliss-reactive ketones (excluding diaryl/α,β-unsaturated/α-hetero) is 1. The monoisotopic (exact) mass is 488 g/mol. The lowest BCUT2D eigenvalue weighted by Crippen LogP contribution is -2.64. The molecule has 3 saturated carbocycles. The molecule has 0 aromatic heterocycles. The Labute approximate surface area is 205 Å². The van der Waals surface area contributed by atoms with Crippen molar-refractivity contribution in [3.63, 3.8) is 0 Å². The zero-order valence-electron chi connectivity index (χ0n) is 20.9. The van der Waals surface area contributed by atoms with E-state index < -0.39 is 53.6 Å². The van der Waals surface area contributed by atoms with E-state index in [2.05, 4.69) is 0 Å². The number of ether oxygens (including phenoxy) is 3. The van der Waals surface area contributed by atoms with Gasteiger partial charge in [0.2, 0.25) is 5.78 Å². The zero-order valence-corrected chi connectivity index (χ0v) is 20.9. The Hall–Kier alpha value is -1.87. The van der Waals surface area contributed by atoms with Crippen molar-refractivity contribution in [3.05, 3.63) is 23.8 Å². The van der Waals surface area contributed by atoms with Crippen LogP contribution in [-0.4, -0.2) is 64.6 Å². The standard InChI is InChI=1S/C27H36O8/c1-5-6-23-34-22-11-17-16-10-19(30)18-9-15(29)7-8-25(18,3)24(16)20(31)12-26(17,4)27(22,35-23)21(32)13-33-14(2)28/h7-9,16-17,19-20,22-24,30-31H,5-6,10-13H2,1-4H3/t16-,17-,19+,20-,22+,23+,24+,25-,26-,27+/m0/s1. The van der Waals surface area contributed by atoms with E-state index in [1.165, 1.54) is 19.1 Å². The molecule has 0 unspecified atom stereocenters. The van der Waals surface area contributed by atoms with Crippen LogP contribution in [0.15, 0.2) is 23.8 Å². The van der Waals surface area contributed by atoms with E-state index in [0.29, 0.717) is 31.3 Å². The summed E-state index contributed by atoms with van der Waals surface area (Å²) in [5, 5.41) is 22.8. The average Bonchev–Trinajstić information content (AvgIpc) is 3.26. The van der Waals surface area contributed by atoms with Gasteiger partial charge in [-0.2, -0.15) is 0 Å². The van der Waals surface area contributed by atoms with Crippen LogP contribution in [0.1, 0.15) is 59.8 Å². The number of fused-ring (bicyclic) bond motifs is 7. The molecule has 10 atom stereocenters. The van der Waals surface area contributed by atoms with Gasteiger partial charge in [-0.3, -0.25) is 14.4 Å². The maximum absolute atomic E-state index is 13.8. The van der Waals surface area contributed by atoms with Gasteiger partial charge in [0.05, 0.1) is 18.3 Å². The quantitative estimate of drug-likeness (QED) is 0.566. The summed E-state index contributed by atoms with van der Waals surface area (Å²) in [6.07, 6.45) is 4.93. The smallest absolute Gasteiger partial charge is 0.303 e. The van der Waals surface area contributed by atoms with Gasteiger partial charge in [0.25, 0.3) is 0 Å². The molecule has 1 aliphatic heterocycles. The van der Waals surface area contributed by atoms with Crippen molar-refractivity contribution in [2.75, 3.05) is 6.61 Å². The molecule has 5 rings (SSSR count). The molecule has 0 radical (unpaired) electrons. The van der Waals surface area contributed by atoms with Crippen molar-refractivity contribution in [2.24, 2.45) is 28.6 Å². The largest absolute Gasteiger partial charge is 0.458 e.